The highest BCUT2D eigenvalue weighted by Crippen LogP contribution is 2.45. The van der Waals surface area contributed by atoms with E-state index in [4.69, 9.17) is 30.5 Å². The molecule has 3 aromatic rings. The molecule has 0 aliphatic heterocycles. The maximum atomic E-state index is 12.1. The Morgan fingerprint density at radius 3 is 1.90 bits per heavy atom. The zero-order valence-electron chi connectivity index (χ0n) is 15.4. The molecule has 7 heteroatoms. The van der Waals surface area contributed by atoms with E-state index < -0.39 is 12.3 Å². The van der Waals surface area contributed by atoms with E-state index in [-0.39, 0.29) is 24.7 Å². The van der Waals surface area contributed by atoms with Gasteiger partial charge < -0.3 is 18.9 Å². The average molecular weight is 413 g/mol. The summed E-state index contributed by atoms with van der Waals surface area (Å²) in [6.45, 7) is 6.99. The van der Waals surface area contributed by atoms with Crippen LogP contribution in [0.3, 0.4) is 0 Å². The monoisotopic (exact) mass is 412 g/mol. The van der Waals surface area contributed by atoms with E-state index in [1.165, 1.54) is 12.2 Å². The Morgan fingerprint density at radius 2 is 1.31 bits per heavy atom. The Morgan fingerprint density at radius 1 is 0.793 bits per heavy atom. The van der Waals surface area contributed by atoms with Crippen LogP contribution in [0.25, 0.3) is 21.5 Å². The smallest absolute Gasteiger partial charge is 0.430 e. The van der Waals surface area contributed by atoms with Gasteiger partial charge in [0.1, 0.15) is 13.2 Å². The van der Waals surface area contributed by atoms with Crippen molar-refractivity contribution in [1.82, 2.24) is 0 Å². The minimum atomic E-state index is -0.907. The summed E-state index contributed by atoms with van der Waals surface area (Å²) in [6.07, 6.45) is 1.06. The molecular weight excluding hydrogens is 396 g/mol. The minimum Gasteiger partial charge on any atom is -0.430 e. The summed E-state index contributed by atoms with van der Waals surface area (Å²) in [5.74, 6) is 0.432. The predicted molar refractivity (Wildman–Crippen MR) is 111 cm³/mol. The van der Waals surface area contributed by atoms with Crippen molar-refractivity contribution in [3.8, 4) is 11.5 Å². The summed E-state index contributed by atoms with van der Waals surface area (Å²) in [5.41, 5.74) is 0. The van der Waals surface area contributed by atoms with E-state index in [2.05, 4.69) is 13.2 Å². The average Bonchev–Trinajstić information content (AvgIpc) is 2.73. The first-order valence-electron chi connectivity index (χ1n) is 8.60. The van der Waals surface area contributed by atoms with E-state index in [1.54, 1.807) is 42.5 Å². The number of hydrogen-bond acceptors (Lipinski definition) is 6. The second-order valence-corrected chi connectivity index (χ2v) is 6.18. The molecule has 6 nitrogen and oxygen atoms in total. The molecule has 3 rings (SSSR count). The first-order chi connectivity index (χ1) is 14.1. The summed E-state index contributed by atoms with van der Waals surface area (Å²) < 4.78 is 20.8. The molecule has 3 aromatic carbocycles. The lowest BCUT2D eigenvalue weighted by molar-refractivity contribution is 0.109. The second kappa shape index (κ2) is 9.12. The molecule has 0 heterocycles. The quantitative estimate of drug-likeness (QED) is 0.212. The highest BCUT2D eigenvalue weighted by atomic mass is 35.5. The van der Waals surface area contributed by atoms with Gasteiger partial charge in [0, 0.05) is 21.5 Å². The second-order valence-electron chi connectivity index (χ2n) is 5.77. The van der Waals surface area contributed by atoms with Crippen LogP contribution in [0, 0.1) is 0 Å². The highest BCUT2D eigenvalue weighted by molar-refractivity contribution is 6.37. The zero-order valence-corrected chi connectivity index (χ0v) is 16.1. The molecule has 0 fully saturated rings. The van der Waals surface area contributed by atoms with Crippen molar-refractivity contribution < 1.29 is 28.5 Å². The summed E-state index contributed by atoms with van der Waals surface area (Å²) in [5, 5.41) is 2.22. The number of rotatable bonds is 6. The van der Waals surface area contributed by atoms with Gasteiger partial charge in [-0.25, -0.2) is 9.59 Å². The molecule has 0 atom stereocenters. The molecule has 0 spiro atoms. The van der Waals surface area contributed by atoms with Gasteiger partial charge in [-0.15, -0.1) is 0 Å². The number of hydrogen-bond donors (Lipinski definition) is 0. The van der Waals surface area contributed by atoms with Crippen LogP contribution < -0.4 is 9.47 Å². The molecule has 0 saturated heterocycles. The summed E-state index contributed by atoms with van der Waals surface area (Å²) >= 11 is 6.41. The van der Waals surface area contributed by atoms with Crippen LogP contribution in [0.1, 0.15) is 0 Å². The van der Waals surface area contributed by atoms with E-state index in [9.17, 15) is 9.59 Å². The van der Waals surface area contributed by atoms with E-state index >= 15 is 0 Å². The lowest BCUT2D eigenvalue weighted by Crippen LogP contribution is -2.13. The predicted octanol–water partition coefficient (Wildman–Crippen LogP) is 6.05. The molecule has 0 radical (unpaired) electrons. The topological polar surface area (TPSA) is 71.1 Å². The highest BCUT2D eigenvalue weighted by Gasteiger charge is 2.22. The SMILES string of the molecule is C=CCOC(=O)Oc1c2ccccc2c(OC(=O)OCC=C)c2c(Cl)cccc12. The van der Waals surface area contributed by atoms with Crippen LogP contribution in [-0.2, 0) is 9.47 Å². The molecule has 0 N–H and O–H groups in total. The number of benzene rings is 3. The lowest BCUT2D eigenvalue weighted by atomic mass is 10.0. The number of halogens is 1. The van der Waals surface area contributed by atoms with Gasteiger partial charge in [-0.3, -0.25) is 0 Å². The van der Waals surface area contributed by atoms with Gasteiger partial charge in [-0.1, -0.05) is 73.3 Å². The Hall–Kier alpha value is -3.51. The van der Waals surface area contributed by atoms with Gasteiger partial charge in [-0.05, 0) is 6.07 Å². The van der Waals surface area contributed by atoms with Crippen LogP contribution in [-0.4, -0.2) is 25.5 Å². The van der Waals surface area contributed by atoms with Crippen molar-refractivity contribution in [3.05, 3.63) is 72.8 Å². The lowest BCUT2D eigenvalue weighted by Gasteiger charge is -2.16. The van der Waals surface area contributed by atoms with Crippen molar-refractivity contribution in [2.75, 3.05) is 13.2 Å². The first-order valence-corrected chi connectivity index (χ1v) is 8.98. The van der Waals surface area contributed by atoms with Crippen molar-refractivity contribution in [2.45, 2.75) is 0 Å². The number of carbonyl (C=O) groups is 2. The fourth-order valence-corrected chi connectivity index (χ4v) is 3.06. The normalized spacial score (nSPS) is 10.4. The van der Waals surface area contributed by atoms with Crippen LogP contribution >= 0.6 is 11.6 Å². The molecule has 148 valence electrons. The van der Waals surface area contributed by atoms with Crippen molar-refractivity contribution in [1.29, 1.82) is 0 Å². The van der Waals surface area contributed by atoms with Crippen LogP contribution in [0.15, 0.2) is 67.8 Å². The van der Waals surface area contributed by atoms with Crippen LogP contribution in [0.2, 0.25) is 5.02 Å². The van der Waals surface area contributed by atoms with Gasteiger partial charge >= 0.3 is 12.3 Å². The minimum absolute atomic E-state index is 0.00122. The van der Waals surface area contributed by atoms with Crippen LogP contribution in [0.4, 0.5) is 9.59 Å². The summed E-state index contributed by atoms with van der Waals surface area (Å²) in [6, 6.07) is 12.0. The number of carbonyl (C=O) groups excluding carboxylic acids is 2. The van der Waals surface area contributed by atoms with Gasteiger partial charge in [0.25, 0.3) is 0 Å². The van der Waals surface area contributed by atoms with Crippen molar-refractivity contribution in [3.63, 3.8) is 0 Å². The Kier molecular flexibility index (Phi) is 6.36. The third kappa shape index (κ3) is 4.33. The maximum absolute atomic E-state index is 12.1. The molecule has 0 bridgehead atoms. The van der Waals surface area contributed by atoms with Crippen molar-refractivity contribution in [2.24, 2.45) is 0 Å². The molecule has 0 amide bonds. The summed E-state index contributed by atoms with van der Waals surface area (Å²) in [4.78, 5) is 24.2. The zero-order chi connectivity index (χ0) is 20.8. The Bertz CT molecular complexity index is 1110. The molecular formula is C22H17ClO6. The van der Waals surface area contributed by atoms with Gasteiger partial charge in [0.2, 0.25) is 0 Å². The fourth-order valence-electron chi connectivity index (χ4n) is 2.80. The number of ether oxygens (including phenoxy) is 4. The Labute approximate surface area is 171 Å². The Balaban J connectivity index is 2.22. The van der Waals surface area contributed by atoms with E-state index in [1.807, 2.05) is 0 Å². The van der Waals surface area contributed by atoms with E-state index in [0.717, 1.165) is 0 Å². The van der Waals surface area contributed by atoms with Crippen LogP contribution in [0.5, 0.6) is 11.5 Å². The van der Waals surface area contributed by atoms with Gasteiger partial charge in [0.15, 0.2) is 11.5 Å². The molecule has 0 unspecified atom stereocenters. The fraction of sp³-hybridized carbons (Fsp3) is 0.0909. The van der Waals surface area contributed by atoms with E-state index in [0.29, 0.717) is 26.6 Å². The standard InChI is InChI=1S/C22H17ClO6/c1-3-12-26-21(24)28-19-14-8-5-6-9-15(14)20(29-22(25)27-13-4-2)18-16(19)10-7-11-17(18)23/h3-11H,1-2,12-13H2. The third-order valence-corrected chi connectivity index (χ3v) is 4.23. The number of fused-ring (bicyclic) bond motifs is 2. The molecule has 0 aliphatic rings. The molecule has 0 aliphatic carbocycles. The third-order valence-electron chi connectivity index (χ3n) is 3.91. The van der Waals surface area contributed by atoms with Gasteiger partial charge in [-0.2, -0.15) is 0 Å². The molecule has 0 aromatic heterocycles. The first kappa shape index (κ1) is 20.2. The summed E-state index contributed by atoms with van der Waals surface area (Å²) in [7, 11) is 0. The van der Waals surface area contributed by atoms with Crippen molar-refractivity contribution >= 4 is 45.5 Å². The molecule has 29 heavy (non-hydrogen) atoms. The largest absolute Gasteiger partial charge is 0.514 e. The maximum Gasteiger partial charge on any atom is 0.514 e. The molecule has 0 saturated carbocycles. The van der Waals surface area contributed by atoms with Gasteiger partial charge in [0.05, 0.1) is 5.02 Å².